The first-order valence-electron chi connectivity index (χ1n) is 13.3. The molecule has 0 bridgehead atoms. The molecule has 0 aliphatic heterocycles. The van der Waals surface area contributed by atoms with Crippen LogP contribution >= 0.6 is 0 Å². The normalized spacial score (nSPS) is 12.0. The Morgan fingerprint density at radius 1 is 0.952 bits per heavy atom. The number of hydrogen-bond donors (Lipinski definition) is 7. The maximum atomic E-state index is 13.1. The number of ether oxygens (including phenoxy) is 1. The maximum absolute atomic E-state index is 13.1. The van der Waals surface area contributed by atoms with E-state index in [1.807, 2.05) is 0 Å². The molecule has 9 N–H and O–H groups in total. The summed E-state index contributed by atoms with van der Waals surface area (Å²) < 4.78 is 5.24. The summed E-state index contributed by atoms with van der Waals surface area (Å²) in [6, 6.07) is 3.84. The number of carbonyl (C=O) groups is 6. The van der Waals surface area contributed by atoms with Crippen LogP contribution in [0.25, 0.3) is 0 Å². The average Bonchev–Trinajstić information content (AvgIpc) is 2.94. The molecule has 7 amide bonds. The fourth-order valence-corrected chi connectivity index (χ4v) is 3.47. The van der Waals surface area contributed by atoms with Crippen LogP contribution in [0.15, 0.2) is 24.3 Å². The van der Waals surface area contributed by atoms with Gasteiger partial charge in [-0.25, -0.2) is 14.4 Å². The summed E-state index contributed by atoms with van der Waals surface area (Å²) in [5.74, 6) is -1.89. The Morgan fingerprint density at radius 3 is 2.12 bits per heavy atom. The molecule has 0 spiro atoms. The summed E-state index contributed by atoms with van der Waals surface area (Å²) in [4.78, 5) is 74.2. The predicted molar refractivity (Wildman–Crippen MR) is 153 cm³/mol. The van der Waals surface area contributed by atoms with Crippen molar-refractivity contribution in [3.63, 3.8) is 0 Å². The lowest BCUT2D eigenvalue weighted by atomic mass is 10.0. The molecule has 16 nitrogen and oxygen atoms in total. The number of urea groups is 1. The highest BCUT2D eigenvalue weighted by atomic mass is 16.6. The predicted octanol–water partition coefficient (Wildman–Crippen LogP) is -0.164. The molecular weight excluding hydrogens is 552 g/mol. The molecule has 1 unspecified atom stereocenters. The Bertz CT molecular complexity index is 1080. The molecule has 0 saturated heterocycles. The Hall–Kier alpha value is -4.60. The first kappa shape index (κ1) is 35.4. The molecule has 0 aliphatic carbocycles. The van der Waals surface area contributed by atoms with Crippen molar-refractivity contribution in [2.75, 3.05) is 45.6 Å². The van der Waals surface area contributed by atoms with E-state index in [1.165, 1.54) is 19.0 Å². The monoisotopic (exact) mass is 594 g/mol. The van der Waals surface area contributed by atoms with Crippen molar-refractivity contribution < 1.29 is 38.6 Å². The standard InChI is InChI=1S/C26H42N8O8/c1-16(2)21(32-20(35)14-27)23(37)31-19(6-5-11-29-24(28)38)22(36)30-18-9-7-17(8-10-18)15-42-26(41)34(4)13-12-33(3)25(39)40/h7-10,16,19,21H,5-6,11-15,27H2,1-4H3,(H,30,36)(H,31,37)(H,32,35)(H,39,40)(H3,28,29,38)/t19-,21?/m0/s1. The fourth-order valence-electron chi connectivity index (χ4n) is 3.47. The van der Waals surface area contributed by atoms with Gasteiger partial charge in [0.1, 0.15) is 18.7 Å². The molecule has 0 aromatic heterocycles. The Kier molecular flexibility index (Phi) is 15.1. The van der Waals surface area contributed by atoms with Crippen LogP contribution in [0.5, 0.6) is 0 Å². The van der Waals surface area contributed by atoms with Gasteiger partial charge in [-0.2, -0.15) is 0 Å². The zero-order valence-corrected chi connectivity index (χ0v) is 24.3. The van der Waals surface area contributed by atoms with E-state index in [4.69, 9.17) is 21.3 Å². The summed E-state index contributed by atoms with van der Waals surface area (Å²) >= 11 is 0. The number of primary amides is 1. The summed E-state index contributed by atoms with van der Waals surface area (Å²) in [6.07, 6.45) is -1.24. The third kappa shape index (κ3) is 13.2. The molecule has 0 saturated carbocycles. The van der Waals surface area contributed by atoms with E-state index in [0.29, 0.717) is 17.7 Å². The molecule has 2 atom stereocenters. The van der Waals surface area contributed by atoms with Crippen molar-refractivity contribution in [3.8, 4) is 0 Å². The van der Waals surface area contributed by atoms with E-state index in [9.17, 15) is 28.8 Å². The molecule has 0 radical (unpaired) electrons. The lowest BCUT2D eigenvalue weighted by Crippen LogP contribution is -2.55. The maximum Gasteiger partial charge on any atom is 0.409 e. The largest absolute Gasteiger partial charge is 0.465 e. The van der Waals surface area contributed by atoms with Gasteiger partial charge in [0.25, 0.3) is 0 Å². The van der Waals surface area contributed by atoms with Crippen LogP contribution in [0.4, 0.5) is 20.1 Å². The lowest BCUT2D eigenvalue weighted by molar-refractivity contribution is -0.131. The topological polar surface area (TPSA) is 239 Å². The number of anilines is 1. The highest BCUT2D eigenvalue weighted by Crippen LogP contribution is 2.13. The van der Waals surface area contributed by atoms with Crippen LogP contribution in [0.3, 0.4) is 0 Å². The van der Waals surface area contributed by atoms with Gasteiger partial charge in [-0.05, 0) is 36.5 Å². The van der Waals surface area contributed by atoms with E-state index < -0.39 is 48.0 Å². The molecular formula is C26H42N8O8. The van der Waals surface area contributed by atoms with E-state index in [0.717, 1.165) is 4.90 Å². The zero-order valence-electron chi connectivity index (χ0n) is 24.3. The molecule has 234 valence electrons. The highest BCUT2D eigenvalue weighted by molar-refractivity contribution is 5.98. The lowest BCUT2D eigenvalue weighted by Gasteiger charge is -2.25. The van der Waals surface area contributed by atoms with Crippen molar-refractivity contribution >= 4 is 41.6 Å². The fraction of sp³-hybridized carbons (Fsp3) is 0.538. The minimum Gasteiger partial charge on any atom is -0.465 e. The molecule has 1 aromatic rings. The molecule has 1 rings (SSSR count). The van der Waals surface area contributed by atoms with Crippen molar-refractivity contribution in [2.24, 2.45) is 17.4 Å². The third-order valence-electron chi connectivity index (χ3n) is 6.05. The summed E-state index contributed by atoms with van der Waals surface area (Å²) in [7, 11) is 2.88. The summed E-state index contributed by atoms with van der Waals surface area (Å²) in [5.41, 5.74) is 11.5. The van der Waals surface area contributed by atoms with Crippen LogP contribution in [-0.4, -0.2) is 103 Å². The van der Waals surface area contributed by atoms with Gasteiger partial charge in [0.15, 0.2) is 0 Å². The van der Waals surface area contributed by atoms with Gasteiger partial charge >= 0.3 is 18.2 Å². The van der Waals surface area contributed by atoms with Crippen LogP contribution in [0, 0.1) is 5.92 Å². The SMILES string of the molecule is CC(C)C(NC(=O)CN)C(=O)N[C@@H](CCCNC(N)=O)C(=O)Nc1ccc(COC(=O)N(C)CCN(C)C(=O)O)cc1. The van der Waals surface area contributed by atoms with Gasteiger partial charge in [0, 0.05) is 39.4 Å². The second kappa shape index (κ2) is 18.0. The second-order valence-electron chi connectivity index (χ2n) is 9.85. The Labute approximate surface area is 244 Å². The number of hydrogen-bond acceptors (Lipinski definition) is 8. The minimum atomic E-state index is -1.10. The molecule has 42 heavy (non-hydrogen) atoms. The van der Waals surface area contributed by atoms with Gasteiger partial charge in [-0.1, -0.05) is 26.0 Å². The van der Waals surface area contributed by atoms with E-state index in [-0.39, 0.29) is 45.1 Å². The van der Waals surface area contributed by atoms with Gasteiger partial charge in [0.05, 0.1) is 6.54 Å². The minimum absolute atomic E-state index is 0.0528. The van der Waals surface area contributed by atoms with Crippen LogP contribution < -0.4 is 32.7 Å². The molecule has 16 heteroatoms. The van der Waals surface area contributed by atoms with Crippen molar-refractivity contribution in [3.05, 3.63) is 29.8 Å². The molecule has 0 aliphatic rings. The Balaban J connectivity index is 2.81. The number of rotatable bonds is 16. The number of nitrogens with one attached hydrogen (secondary N) is 4. The molecule has 0 heterocycles. The quantitative estimate of drug-likeness (QED) is 0.126. The molecule has 1 aromatic carbocycles. The summed E-state index contributed by atoms with van der Waals surface area (Å²) in [6.45, 7) is 3.59. The first-order chi connectivity index (χ1) is 19.7. The zero-order chi connectivity index (χ0) is 31.8. The van der Waals surface area contributed by atoms with Gasteiger partial charge < -0.3 is 52.4 Å². The first-order valence-corrected chi connectivity index (χ1v) is 13.3. The van der Waals surface area contributed by atoms with Gasteiger partial charge in [0.2, 0.25) is 17.7 Å². The number of carbonyl (C=O) groups excluding carboxylic acids is 5. The third-order valence-corrected chi connectivity index (χ3v) is 6.05. The van der Waals surface area contributed by atoms with Gasteiger partial charge in [-0.3, -0.25) is 14.4 Å². The van der Waals surface area contributed by atoms with Gasteiger partial charge in [-0.15, -0.1) is 0 Å². The number of nitrogens with two attached hydrogens (primary N) is 2. The number of amides is 7. The van der Waals surface area contributed by atoms with Crippen LogP contribution in [-0.2, 0) is 25.7 Å². The second-order valence-corrected chi connectivity index (χ2v) is 9.85. The summed E-state index contributed by atoms with van der Waals surface area (Å²) in [5, 5.41) is 19.2. The Morgan fingerprint density at radius 2 is 1.57 bits per heavy atom. The van der Waals surface area contributed by atoms with Crippen LogP contribution in [0.1, 0.15) is 32.3 Å². The number of nitrogens with zero attached hydrogens (tertiary/aromatic N) is 2. The smallest absolute Gasteiger partial charge is 0.409 e. The average molecular weight is 595 g/mol. The van der Waals surface area contributed by atoms with E-state index in [2.05, 4.69) is 21.3 Å². The number of benzene rings is 1. The van der Waals surface area contributed by atoms with Crippen molar-refractivity contribution in [1.82, 2.24) is 25.8 Å². The van der Waals surface area contributed by atoms with Crippen molar-refractivity contribution in [2.45, 2.75) is 45.4 Å². The number of carboxylic acid groups (broad SMARTS) is 1. The molecule has 0 fully saturated rings. The van der Waals surface area contributed by atoms with E-state index >= 15 is 0 Å². The number of likely N-dealkylation sites (N-methyl/N-ethyl adjacent to an activating group) is 2. The van der Waals surface area contributed by atoms with Crippen LogP contribution in [0.2, 0.25) is 0 Å². The highest BCUT2D eigenvalue weighted by Gasteiger charge is 2.28. The van der Waals surface area contributed by atoms with E-state index in [1.54, 1.807) is 38.1 Å². The van der Waals surface area contributed by atoms with Crippen molar-refractivity contribution in [1.29, 1.82) is 0 Å².